The number of amides is 2. The van der Waals surface area contributed by atoms with E-state index in [9.17, 15) is 9.59 Å². The minimum atomic E-state index is -0.849. The quantitative estimate of drug-likeness (QED) is 0.832. The third-order valence-electron chi connectivity index (χ3n) is 4.86. The maximum atomic E-state index is 12.5. The number of urea groups is 1. The van der Waals surface area contributed by atoms with Crippen LogP contribution in [0.1, 0.15) is 51.9 Å². The first kappa shape index (κ1) is 16.1. The maximum absolute atomic E-state index is 12.5. The number of nitrogens with one attached hydrogen (secondary N) is 1. The molecule has 6 heteroatoms. The topological polar surface area (TPSA) is 78.9 Å². The standard InChI is InChI=1S/C15H26N2O4/c1-14(21-2)6-5-9-17(11-14)13(20)16-15(10-12(18)19)7-3-4-8-15/h3-11H2,1-2H3,(H,16,20)(H,18,19). The lowest BCUT2D eigenvalue weighted by Gasteiger charge is -2.41. The van der Waals surface area contributed by atoms with Gasteiger partial charge in [-0.25, -0.2) is 4.79 Å². The summed E-state index contributed by atoms with van der Waals surface area (Å²) in [7, 11) is 1.67. The van der Waals surface area contributed by atoms with Gasteiger partial charge < -0.3 is 20.1 Å². The van der Waals surface area contributed by atoms with Gasteiger partial charge in [0.1, 0.15) is 0 Å². The smallest absolute Gasteiger partial charge is 0.317 e. The van der Waals surface area contributed by atoms with E-state index < -0.39 is 11.5 Å². The highest BCUT2D eigenvalue weighted by Gasteiger charge is 2.40. The van der Waals surface area contributed by atoms with Gasteiger partial charge in [-0.15, -0.1) is 0 Å². The number of methoxy groups -OCH3 is 1. The number of carboxylic acid groups (broad SMARTS) is 1. The second-order valence-corrected chi connectivity index (χ2v) is 6.67. The molecule has 120 valence electrons. The fourth-order valence-electron chi connectivity index (χ4n) is 3.54. The van der Waals surface area contributed by atoms with E-state index in [-0.39, 0.29) is 18.1 Å². The molecule has 1 heterocycles. The minimum absolute atomic E-state index is 0.00806. The van der Waals surface area contributed by atoms with Crippen LogP contribution in [0.25, 0.3) is 0 Å². The lowest BCUT2D eigenvalue weighted by atomic mass is 9.92. The first-order valence-electron chi connectivity index (χ1n) is 7.72. The van der Waals surface area contributed by atoms with Crippen LogP contribution in [0.5, 0.6) is 0 Å². The number of carbonyl (C=O) groups is 2. The average molecular weight is 298 g/mol. The Labute approximate surface area is 125 Å². The van der Waals surface area contributed by atoms with Crippen molar-refractivity contribution in [3.05, 3.63) is 0 Å². The Bertz CT molecular complexity index is 406. The van der Waals surface area contributed by atoms with E-state index in [1.807, 2.05) is 6.92 Å². The van der Waals surface area contributed by atoms with E-state index in [4.69, 9.17) is 9.84 Å². The minimum Gasteiger partial charge on any atom is -0.481 e. The second kappa shape index (κ2) is 6.22. The third-order valence-corrected chi connectivity index (χ3v) is 4.86. The number of ether oxygens (including phenoxy) is 1. The summed E-state index contributed by atoms with van der Waals surface area (Å²) in [4.78, 5) is 25.4. The highest BCUT2D eigenvalue weighted by Crippen LogP contribution is 2.33. The number of likely N-dealkylation sites (tertiary alicyclic amines) is 1. The van der Waals surface area contributed by atoms with E-state index in [1.54, 1.807) is 12.0 Å². The summed E-state index contributed by atoms with van der Waals surface area (Å²) in [6.07, 6.45) is 5.30. The van der Waals surface area contributed by atoms with Crippen molar-refractivity contribution in [1.29, 1.82) is 0 Å². The van der Waals surface area contributed by atoms with Gasteiger partial charge >= 0.3 is 12.0 Å². The van der Waals surface area contributed by atoms with Crippen LogP contribution < -0.4 is 5.32 Å². The summed E-state index contributed by atoms with van der Waals surface area (Å²) in [6.45, 7) is 3.27. The van der Waals surface area contributed by atoms with E-state index in [1.165, 1.54) is 0 Å². The first-order chi connectivity index (χ1) is 9.88. The van der Waals surface area contributed by atoms with Crippen LogP contribution in [-0.2, 0) is 9.53 Å². The summed E-state index contributed by atoms with van der Waals surface area (Å²) in [5, 5.41) is 12.1. The summed E-state index contributed by atoms with van der Waals surface area (Å²) in [6, 6.07) is -0.152. The second-order valence-electron chi connectivity index (χ2n) is 6.67. The van der Waals surface area contributed by atoms with Crippen molar-refractivity contribution in [1.82, 2.24) is 10.2 Å². The van der Waals surface area contributed by atoms with Crippen molar-refractivity contribution < 1.29 is 19.4 Å². The van der Waals surface area contributed by atoms with Crippen molar-refractivity contribution in [3.63, 3.8) is 0 Å². The van der Waals surface area contributed by atoms with Gasteiger partial charge in [0.25, 0.3) is 0 Å². The van der Waals surface area contributed by atoms with Crippen LogP contribution in [0.4, 0.5) is 4.79 Å². The van der Waals surface area contributed by atoms with Crippen LogP contribution in [0.2, 0.25) is 0 Å². The number of aliphatic carboxylic acids is 1. The van der Waals surface area contributed by atoms with E-state index in [0.29, 0.717) is 13.1 Å². The van der Waals surface area contributed by atoms with Gasteiger partial charge in [-0.1, -0.05) is 12.8 Å². The summed E-state index contributed by atoms with van der Waals surface area (Å²) < 4.78 is 5.50. The molecular weight excluding hydrogens is 272 g/mol. The van der Waals surface area contributed by atoms with Crippen LogP contribution in [0.3, 0.4) is 0 Å². The lowest BCUT2D eigenvalue weighted by Crippen LogP contribution is -2.57. The largest absolute Gasteiger partial charge is 0.481 e. The highest BCUT2D eigenvalue weighted by atomic mass is 16.5. The molecule has 1 aliphatic heterocycles. The van der Waals surface area contributed by atoms with Gasteiger partial charge in [-0.05, 0) is 32.6 Å². The molecule has 21 heavy (non-hydrogen) atoms. The van der Waals surface area contributed by atoms with Crippen LogP contribution in [0, 0.1) is 0 Å². The number of hydrogen-bond donors (Lipinski definition) is 2. The Kier molecular flexibility index (Phi) is 4.76. The normalized spacial score (nSPS) is 28.4. The van der Waals surface area contributed by atoms with E-state index in [2.05, 4.69) is 5.32 Å². The number of carbonyl (C=O) groups excluding carboxylic acids is 1. The summed E-state index contributed by atoms with van der Waals surface area (Å²) >= 11 is 0. The van der Waals surface area contributed by atoms with Gasteiger partial charge in [0, 0.05) is 13.7 Å². The Hall–Kier alpha value is -1.30. The van der Waals surface area contributed by atoms with Crippen molar-refractivity contribution in [3.8, 4) is 0 Å². The Morgan fingerprint density at radius 3 is 2.48 bits per heavy atom. The zero-order valence-electron chi connectivity index (χ0n) is 13.0. The zero-order valence-corrected chi connectivity index (χ0v) is 13.0. The molecule has 0 aromatic rings. The molecule has 6 nitrogen and oxygen atoms in total. The van der Waals surface area contributed by atoms with Gasteiger partial charge in [-0.3, -0.25) is 4.79 Å². The van der Waals surface area contributed by atoms with Crippen LogP contribution >= 0.6 is 0 Å². The number of piperidine rings is 1. The van der Waals surface area contributed by atoms with Crippen molar-refractivity contribution in [2.75, 3.05) is 20.2 Å². The molecule has 2 N–H and O–H groups in total. The molecule has 1 aliphatic carbocycles. The number of nitrogens with zero attached hydrogens (tertiary/aromatic N) is 1. The number of rotatable bonds is 4. The lowest BCUT2D eigenvalue weighted by molar-refractivity contribution is -0.138. The Morgan fingerprint density at radius 2 is 1.90 bits per heavy atom. The van der Waals surface area contributed by atoms with Gasteiger partial charge in [0.2, 0.25) is 0 Å². The zero-order chi connectivity index (χ0) is 15.5. The fraction of sp³-hybridized carbons (Fsp3) is 0.867. The van der Waals surface area contributed by atoms with Gasteiger partial charge in [0.05, 0.1) is 24.1 Å². The first-order valence-corrected chi connectivity index (χ1v) is 7.72. The SMILES string of the molecule is COC1(C)CCCN(C(=O)NC2(CC(=O)O)CCCC2)C1. The average Bonchev–Trinajstić information content (AvgIpc) is 2.86. The highest BCUT2D eigenvalue weighted by molar-refractivity contribution is 5.77. The molecule has 2 amide bonds. The van der Waals surface area contributed by atoms with Gasteiger partial charge in [0.15, 0.2) is 0 Å². The predicted molar refractivity (Wildman–Crippen MR) is 78.2 cm³/mol. The summed E-state index contributed by atoms with van der Waals surface area (Å²) in [5.74, 6) is -0.849. The number of hydrogen-bond acceptors (Lipinski definition) is 3. The van der Waals surface area contributed by atoms with Crippen molar-refractivity contribution in [2.45, 2.75) is 63.0 Å². The third kappa shape index (κ3) is 3.87. The van der Waals surface area contributed by atoms with Gasteiger partial charge in [-0.2, -0.15) is 0 Å². The van der Waals surface area contributed by atoms with Crippen molar-refractivity contribution >= 4 is 12.0 Å². The molecule has 2 rings (SSSR count). The maximum Gasteiger partial charge on any atom is 0.317 e. The Balaban J connectivity index is 2.00. The molecule has 0 bridgehead atoms. The predicted octanol–water partition coefficient (Wildman–Crippen LogP) is 1.98. The molecular formula is C15H26N2O4. The number of carboxylic acids is 1. The van der Waals surface area contributed by atoms with E-state index >= 15 is 0 Å². The summed E-state index contributed by atoms with van der Waals surface area (Å²) in [5.41, 5.74) is -0.866. The Morgan fingerprint density at radius 1 is 1.24 bits per heavy atom. The van der Waals surface area contributed by atoms with Crippen LogP contribution in [-0.4, -0.2) is 53.3 Å². The molecule has 0 spiro atoms. The molecule has 1 saturated heterocycles. The fourth-order valence-corrected chi connectivity index (χ4v) is 3.54. The molecule has 1 unspecified atom stereocenters. The van der Waals surface area contributed by atoms with Crippen molar-refractivity contribution in [2.24, 2.45) is 0 Å². The van der Waals surface area contributed by atoms with Crippen LogP contribution in [0.15, 0.2) is 0 Å². The molecule has 0 aromatic heterocycles. The molecule has 0 aromatic carbocycles. The molecule has 2 fully saturated rings. The van der Waals surface area contributed by atoms with E-state index in [0.717, 1.165) is 38.5 Å². The molecule has 1 saturated carbocycles. The monoisotopic (exact) mass is 298 g/mol. The molecule has 0 radical (unpaired) electrons. The molecule has 1 atom stereocenters. The molecule has 2 aliphatic rings.